The summed E-state index contributed by atoms with van der Waals surface area (Å²) >= 11 is 0. The summed E-state index contributed by atoms with van der Waals surface area (Å²) in [6, 6.07) is 6.86. The van der Waals surface area contributed by atoms with E-state index in [1.54, 1.807) is 6.33 Å². The van der Waals surface area contributed by atoms with Gasteiger partial charge in [0, 0.05) is 39.5 Å². The highest BCUT2D eigenvalue weighted by molar-refractivity contribution is 6.76. The zero-order valence-electron chi connectivity index (χ0n) is 25.3. The Kier molecular flexibility index (Phi) is 9.14. The second-order valence-corrected chi connectivity index (χ2v) is 18.1. The fourth-order valence-electron chi connectivity index (χ4n) is 5.72. The zero-order chi connectivity index (χ0) is 29.9. The van der Waals surface area contributed by atoms with Gasteiger partial charge in [-0.25, -0.2) is 19.7 Å². The maximum Gasteiger partial charge on any atom is 0.407 e. The standard InChI is InChI=1S/C30H43N7O4Si/c1-21-16-35(17-22(2)37(21)30(38)39)26-8-6-7-24(34-26)15-31-28-27-25(23-9-11-40-12-10-23)18-36(29(27)33-19-32-28)20-41-13-14-42(3,4)5/h6-9,18-19,21-22H,10-17,20H2,1-5H3,(H,38,39)(H,31,32,33)/t21-,22-/m0/s1. The molecule has 0 spiro atoms. The molecule has 1 amide bonds. The second kappa shape index (κ2) is 12.8. The molecule has 2 N–H and O–H groups in total. The van der Waals surface area contributed by atoms with Crippen molar-refractivity contribution in [3.05, 3.63) is 48.1 Å². The van der Waals surface area contributed by atoms with Crippen LogP contribution in [0.15, 0.2) is 36.8 Å². The summed E-state index contributed by atoms with van der Waals surface area (Å²) in [6.45, 7) is 15.1. The van der Waals surface area contributed by atoms with Crippen molar-refractivity contribution in [1.29, 1.82) is 0 Å². The van der Waals surface area contributed by atoms with Crippen molar-refractivity contribution in [3.63, 3.8) is 0 Å². The molecule has 1 fully saturated rings. The number of nitrogens with zero attached hydrogens (tertiary/aromatic N) is 6. The molecule has 12 heteroatoms. The van der Waals surface area contributed by atoms with E-state index in [-0.39, 0.29) is 12.1 Å². The largest absolute Gasteiger partial charge is 0.465 e. The monoisotopic (exact) mass is 593 g/mol. The third kappa shape index (κ3) is 6.93. The summed E-state index contributed by atoms with van der Waals surface area (Å²) in [7, 11) is -1.18. The summed E-state index contributed by atoms with van der Waals surface area (Å²) in [5, 5.41) is 14.1. The molecule has 0 aromatic carbocycles. The average Bonchev–Trinajstić information content (AvgIpc) is 3.33. The number of hydrogen-bond donors (Lipinski definition) is 2. The van der Waals surface area contributed by atoms with E-state index in [4.69, 9.17) is 14.5 Å². The predicted molar refractivity (Wildman–Crippen MR) is 168 cm³/mol. The molecule has 0 radical (unpaired) electrons. The summed E-state index contributed by atoms with van der Waals surface area (Å²) in [5.41, 5.74) is 4.05. The first kappa shape index (κ1) is 30.0. The SMILES string of the molecule is C[C@H]1CN(c2cccc(CNc3ncnc4c3c(C3=CCOCC3)cn4COCC[Si](C)(C)C)n2)C[C@H](C)N1C(=O)O. The number of carbonyl (C=O) groups is 1. The van der Waals surface area contributed by atoms with E-state index in [2.05, 4.69) is 56.7 Å². The lowest BCUT2D eigenvalue weighted by molar-refractivity contribution is 0.0898. The highest BCUT2D eigenvalue weighted by Gasteiger charge is 2.33. The Morgan fingerprint density at radius 2 is 1.98 bits per heavy atom. The number of pyridine rings is 1. The van der Waals surface area contributed by atoms with E-state index < -0.39 is 14.2 Å². The fourth-order valence-corrected chi connectivity index (χ4v) is 6.47. The number of rotatable bonds is 10. The van der Waals surface area contributed by atoms with Gasteiger partial charge in [0.1, 0.15) is 30.3 Å². The number of hydrogen-bond acceptors (Lipinski definition) is 8. The normalized spacial score (nSPS) is 19.7. The Morgan fingerprint density at radius 1 is 1.19 bits per heavy atom. The third-order valence-corrected chi connectivity index (χ3v) is 9.59. The molecule has 0 unspecified atom stereocenters. The lowest BCUT2D eigenvalue weighted by Crippen LogP contribution is -2.58. The van der Waals surface area contributed by atoms with Crippen molar-refractivity contribution in [2.24, 2.45) is 0 Å². The minimum Gasteiger partial charge on any atom is -0.465 e. The summed E-state index contributed by atoms with van der Waals surface area (Å²) in [5.74, 6) is 1.60. The molecule has 0 bridgehead atoms. The minimum atomic E-state index is -1.18. The highest BCUT2D eigenvalue weighted by Crippen LogP contribution is 2.34. The Morgan fingerprint density at radius 3 is 2.67 bits per heavy atom. The zero-order valence-corrected chi connectivity index (χ0v) is 26.3. The molecule has 3 aromatic heterocycles. The van der Waals surface area contributed by atoms with Gasteiger partial charge in [-0.2, -0.15) is 0 Å². The van der Waals surface area contributed by atoms with Gasteiger partial charge in [-0.15, -0.1) is 0 Å². The van der Waals surface area contributed by atoms with E-state index in [0.29, 0.717) is 39.6 Å². The summed E-state index contributed by atoms with van der Waals surface area (Å²) in [6.07, 6.45) is 5.83. The minimum absolute atomic E-state index is 0.120. The molecule has 2 aliphatic heterocycles. The van der Waals surface area contributed by atoms with Crippen molar-refractivity contribution in [1.82, 2.24) is 24.4 Å². The molecule has 226 valence electrons. The lowest BCUT2D eigenvalue weighted by Gasteiger charge is -2.43. The Hall–Kier alpha value is -3.48. The maximum atomic E-state index is 11.7. The third-order valence-electron chi connectivity index (χ3n) is 7.88. The molecule has 3 aromatic rings. The first-order valence-corrected chi connectivity index (χ1v) is 18.5. The van der Waals surface area contributed by atoms with Gasteiger partial charge in [0.25, 0.3) is 0 Å². The first-order chi connectivity index (χ1) is 20.1. The van der Waals surface area contributed by atoms with E-state index >= 15 is 0 Å². The van der Waals surface area contributed by atoms with Crippen LogP contribution in [-0.4, -0.2) is 88.7 Å². The van der Waals surface area contributed by atoms with Gasteiger partial charge < -0.3 is 29.4 Å². The van der Waals surface area contributed by atoms with Crippen LogP contribution in [0.2, 0.25) is 25.7 Å². The van der Waals surface area contributed by atoms with Crippen LogP contribution < -0.4 is 10.2 Å². The predicted octanol–water partition coefficient (Wildman–Crippen LogP) is 5.13. The van der Waals surface area contributed by atoms with Crippen LogP contribution in [0.3, 0.4) is 0 Å². The number of aromatic nitrogens is 4. The smallest absolute Gasteiger partial charge is 0.407 e. The van der Waals surface area contributed by atoms with Crippen LogP contribution in [0, 0.1) is 0 Å². The molecule has 11 nitrogen and oxygen atoms in total. The van der Waals surface area contributed by atoms with Crippen LogP contribution >= 0.6 is 0 Å². The Balaban J connectivity index is 1.36. The van der Waals surface area contributed by atoms with Crippen molar-refractivity contribution in [2.75, 3.05) is 43.1 Å². The van der Waals surface area contributed by atoms with Gasteiger partial charge in [0.15, 0.2) is 0 Å². The molecule has 2 aliphatic rings. The molecular weight excluding hydrogens is 550 g/mol. The van der Waals surface area contributed by atoms with Crippen LogP contribution in [0.1, 0.15) is 31.5 Å². The van der Waals surface area contributed by atoms with Crippen molar-refractivity contribution in [2.45, 2.75) is 71.3 Å². The summed E-state index contributed by atoms with van der Waals surface area (Å²) < 4.78 is 13.8. The number of piperazine rings is 1. The van der Waals surface area contributed by atoms with E-state index in [1.165, 1.54) is 10.5 Å². The molecular formula is C30H43N7O4Si. The number of fused-ring (bicyclic) bond motifs is 1. The first-order valence-electron chi connectivity index (χ1n) is 14.8. The van der Waals surface area contributed by atoms with Crippen molar-refractivity contribution >= 4 is 42.4 Å². The fraction of sp³-hybridized carbons (Fsp3) is 0.533. The Labute approximate surface area is 248 Å². The van der Waals surface area contributed by atoms with Crippen molar-refractivity contribution in [3.8, 4) is 0 Å². The van der Waals surface area contributed by atoms with Crippen LogP contribution in [0.5, 0.6) is 0 Å². The number of carboxylic acid groups (broad SMARTS) is 1. The van der Waals surface area contributed by atoms with Gasteiger partial charge in [-0.05, 0) is 44.0 Å². The number of anilines is 2. The van der Waals surface area contributed by atoms with Crippen LogP contribution in [0.4, 0.5) is 16.4 Å². The topological polar surface area (TPSA) is 118 Å². The quantitative estimate of drug-likeness (QED) is 0.244. The number of amides is 1. The lowest BCUT2D eigenvalue weighted by atomic mass is 10.0. The van der Waals surface area contributed by atoms with Crippen molar-refractivity contribution < 1.29 is 19.4 Å². The van der Waals surface area contributed by atoms with E-state index in [9.17, 15) is 9.90 Å². The summed E-state index contributed by atoms with van der Waals surface area (Å²) in [4.78, 5) is 29.6. The molecule has 2 atom stereocenters. The van der Waals surface area contributed by atoms with E-state index in [0.717, 1.165) is 53.0 Å². The Bertz CT molecular complexity index is 1420. The van der Waals surface area contributed by atoms with Gasteiger partial charge in [-0.3, -0.25) is 4.90 Å². The van der Waals surface area contributed by atoms with Crippen LogP contribution in [0.25, 0.3) is 16.6 Å². The molecule has 1 saturated heterocycles. The maximum absolute atomic E-state index is 11.7. The highest BCUT2D eigenvalue weighted by atomic mass is 28.3. The van der Waals surface area contributed by atoms with Gasteiger partial charge in [0.05, 0.1) is 42.9 Å². The van der Waals surface area contributed by atoms with E-state index in [1.807, 2.05) is 32.0 Å². The van der Waals surface area contributed by atoms with Crippen LogP contribution in [-0.2, 0) is 22.7 Å². The van der Waals surface area contributed by atoms with Gasteiger partial charge in [0.2, 0.25) is 0 Å². The molecule has 42 heavy (non-hydrogen) atoms. The average molecular weight is 594 g/mol. The molecule has 0 aliphatic carbocycles. The number of ether oxygens (including phenoxy) is 2. The molecule has 5 rings (SSSR count). The van der Waals surface area contributed by atoms with Gasteiger partial charge in [-0.1, -0.05) is 31.8 Å². The molecule has 5 heterocycles. The number of nitrogens with one attached hydrogen (secondary N) is 1. The van der Waals surface area contributed by atoms with Gasteiger partial charge >= 0.3 is 6.09 Å². The molecule has 0 saturated carbocycles. The second-order valence-electron chi connectivity index (χ2n) is 12.5.